The van der Waals surface area contributed by atoms with Crippen molar-refractivity contribution in [3.8, 4) is 0 Å². The fourth-order valence-corrected chi connectivity index (χ4v) is 1.98. The second-order valence-corrected chi connectivity index (χ2v) is 5.43. The monoisotopic (exact) mass is 284 g/mol. The Hall–Kier alpha value is -1.13. The van der Waals surface area contributed by atoms with E-state index in [4.69, 9.17) is 11.6 Å². The topological polar surface area (TPSA) is 41.1 Å². The molecule has 3 nitrogen and oxygen atoms in total. The van der Waals surface area contributed by atoms with Gasteiger partial charge in [-0.15, -0.1) is 0 Å². The molecule has 0 spiro atoms. The van der Waals surface area contributed by atoms with Gasteiger partial charge in [-0.2, -0.15) is 0 Å². The Balaban J connectivity index is 1.77. The van der Waals surface area contributed by atoms with E-state index in [1.807, 2.05) is 6.92 Å². The molecule has 1 aliphatic rings. The minimum absolute atomic E-state index is 0.00745. The molecule has 1 fully saturated rings. The van der Waals surface area contributed by atoms with Gasteiger partial charge in [-0.1, -0.05) is 17.7 Å². The molecule has 0 saturated heterocycles. The fourth-order valence-electron chi connectivity index (χ4n) is 1.79. The molecule has 1 aromatic carbocycles. The van der Waals surface area contributed by atoms with Crippen molar-refractivity contribution in [3.05, 3.63) is 34.6 Å². The molecule has 1 amide bonds. The molecular formula is C14H18ClFN2O. The van der Waals surface area contributed by atoms with E-state index in [9.17, 15) is 9.18 Å². The molecule has 0 bridgehead atoms. The zero-order valence-electron chi connectivity index (χ0n) is 10.9. The summed E-state index contributed by atoms with van der Waals surface area (Å²) >= 11 is 5.73. The molecule has 1 saturated carbocycles. The smallest absolute Gasteiger partial charge is 0.233 e. The van der Waals surface area contributed by atoms with E-state index in [1.54, 1.807) is 12.1 Å². The van der Waals surface area contributed by atoms with Crippen LogP contribution in [0.3, 0.4) is 0 Å². The van der Waals surface area contributed by atoms with Gasteiger partial charge in [0.05, 0.1) is 11.6 Å². The quantitative estimate of drug-likeness (QED) is 0.843. The number of halogens is 2. The largest absolute Gasteiger partial charge is 0.355 e. The number of rotatable bonds is 6. The van der Waals surface area contributed by atoms with Crippen LogP contribution < -0.4 is 10.6 Å². The summed E-state index contributed by atoms with van der Waals surface area (Å²) in [5.74, 6) is 0.240. The van der Waals surface area contributed by atoms with Crippen LogP contribution in [0.15, 0.2) is 18.2 Å². The van der Waals surface area contributed by atoms with Gasteiger partial charge in [0.2, 0.25) is 5.91 Å². The fraction of sp³-hybridized carbons (Fsp3) is 0.500. The first kappa shape index (κ1) is 14.3. The molecule has 5 heteroatoms. The van der Waals surface area contributed by atoms with Gasteiger partial charge >= 0.3 is 0 Å². The van der Waals surface area contributed by atoms with Crippen molar-refractivity contribution >= 4 is 17.5 Å². The van der Waals surface area contributed by atoms with Crippen molar-refractivity contribution in [3.63, 3.8) is 0 Å². The Labute approximate surface area is 117 Å². The molecule has 0 heterocycles. The zero-order chi connectivity index (χ0) is 13.8. The first-order valence-corrected chi connectivity index (χ1v) is 6.89. The molecule has 1 aliphatic carbocycles. The van der Waals surface area contributed by atoms with Crippen LogP contribution >= 0.6 is 11.6 Å². The van der Waals surface area contributed by atoms with Crippen LogP contribution in [0.4, 0.5) is 4.39 Å². The van der Waals surface area contributed by atoms with E-state index < -0.39 is 5.82 Å². The van der Waals surface area contributed by atoms with E-state index in [0.29, 0.717) is 5.92 Å². The molecule has 2 rings (SSSR count). The average molecular weight is 285 g/mol. The first-order valence-electron chi connectivity index (χ1n) is 6.51. The van der Waals surface area contributed by atoms with E-state index in [1.165, 1.54) is 18.9 Å². The van der Waals surface area contributed by atoms with Crippen LogP contribution in [0.1, 0.15) is 31.4 Å². The summed E-state index contributed by atoms with van der Waals surface area (Å²) in [7, 11) is 0. The lowest BCUT2D eigenvalue weighted by molar-refractivity contribution is -0.120. The SMILES string of the molecule is CC(NCC(=O)NCC1CC1)c1ccc(F)c(Cl)c1. The Kier molecular flexibility index (Phi) is 4.77. The van der Waals surface area contributed by atoms with Crippen LogP contribution in [0.2, 0.25) is 5.02 Å². The van der Waals surface area contributed by atoms with Gasteiger partial charge in [0, 0.05) is 12.6 Å². The average Bonchev–Trinajstić information content (AvgIpc) is 3.20. The van der Waals surface area contributed by atoms with Crippen molar-refractivity contribution in [2.24, 2.45) is 5.92 Å². The van der Waals surface area contributed by atoms with Gasteiger partial charge in [-0.25, -0.2) is 4.39 Å². The van der Waals surface area contributed by atoms with Crippen LogP contribution in [0.5, 0.6) is 0 Å². The normalized spacial score (nSPS) is 16.2. The highest BCUT2D eigenvalue weighted by Gasteiger charge is 2.21. The summed E-state index contributed by atoms with van der Waals surface area (Å²) in [5.41, 5.74) is 0.862. The summed E-state index contributed by atoms with van der Waals surface area (Å²) in [4.78, 5) is 11.6. The summed E-state index contributed by atoms with van der Waals surface area (Å²) in [6.45, 7) is 2.94. The lowest BCUT2D eigenvalue weighted by Gasteiger charge is -2.14. The summed E-state index contributed by atoms with van der Waals surface area (Å²) < 4.78 is 13.0. The minimum Gasteiger partial charge on any atom is -0.355 e. The van der Waals surface area contributed by atoms with E-state index in [2.05, 4.69) is 10.6 Å². The summed E-state index contributed by atoms with van der Waals surface area (Å²) in [6.07, 6.45) is 2.44. The first-order chi connectivity index (χ1) is 9.06. The summed E-state index contributed by atoms with van der Waals surface area (Å²) in [5, 5.41) is 6.08. The van der Waals surface area contributed by atoms with Crippen LogP contribution in [-0.4, -0.2) is 19.0 Å². The molecule has 1 aromatic rings. The van der Waals surface area contributed by atoms with Crippen molar-refractivity contribution in [1.82, 2.24) is 10.6 Å². The highest BCUT2D eigenvalue weighted by atomic mass is 35.5. The number of carbonyl (C=O) groups is 1. The predicted octanol–water partition coefficient (Wildman–Crippen LogP) is 2.66. The molecular weight excluding hydrogens is 267 g/mol. The molecule has 104 valence electrons. The standard InChI is InChI=1S/C14H18ClFN2O/c1-9(11-4-5-13(16)12(15)6-11)17-8-14(19)18-7-10-2-3-10/h4-6,9-10,17H,2-3,7-8H2,1H3,(H,18,19). The van der Waals surface area contributed by atoms with Crippen LogP contribution in [0, 0.1) is 11.7 Å². The number of hydrogen-bond acceptors (Lipinski definition) is 2. The van der Waals surface area contributed by atoms with Crippen LogP contribution in [0.25, 0.3) is 0 Å². The van der Waals surface area contributed by atoms with Gasteiger partial charge in [0.1, 0.15) is 5.82 Å². The Morgan fingerprint density at radius 1 is 1.53 bits per heavy atom. The Morgan fingerprint density at radius 3 is 2.89 bits per heavy atom. The summed E-state index contributed by atoms with van der Waals surface area (Å²) in [6, 6.07) is 4.53. The number of carbonyl (C=O) groups excluding carboxylic acids is 1. The molecule has 2 N–H and O–H groups in total. The third-order valence-electron chi connectivity index (χ3n) is 3.30. The molecule has 0 aliphatic heterocycles. The second kappa shape index (κ2) is 6.35. The molecule has 0 aromatic heterocycles. The predicted molar refractivity (Wildman–Crippen MR) is 73.6 cm³/mol. The minimum atomic E-state index is -0.431. The maximum Gasteiger partial charge on any atom is 0.233 e. The van der Waals surface area contributed by atoms with E-state index >= 15 is 0 Å². The molecule has 1 atom stereocenters. The van der Waals surface area contributed by atoms with E-state index in [-0.39, 0.29) is 23.5 Å². The van der Waals surface area contributed by atoms with Gasteiger partial charge in [-0.3, -0.25) is 4.79 Å². The third-order valence-corrected chi connectivity index (χ3v) is 3.59. The maximum atomic E-state index is 13.0. The highest BCUT2D eigenvalue weighted by Crippen LogP contribution is 2.27. The van der Waals surface area contributed by atoms with Gasteiger partial charge in [0.15, 0.2) is 0 Å². The number of amides is 1. The zero-order valence-corrected chi connectivity index (χ0v) is 11.6. The molecule has 1 unspecified atom stereocenters. The van der Waals surface area contributed by atoms with Crippen molar-refractivity contribution in [2.45, 2.75) is 25.8 Å². The lowest BCUT2D eigenvalue weighted by Crippen LogP contribution is -2.36. The Bertz CT molecular complexity index is 463. The van der Waals surface area contributed by atoms with Crippen molar-refractivity contribution < 1.29 is 9.18 Å². The Morgan fingerprint density at radius 2 is 2.26 bits per heavy atom. The van der Waals surface area contributed by atoms with E-state index in [0.717, 1.165) is 12.1 Å². The van der Waals surface area contributed by atoms with Gasteiger partial charge < -0.3 is 10.6 Å². The lowest BCUT2D eigenvalue weighted by atomic mass is 10.1. The van der Waals surface area contributed by atoms with Crippen molar-refractivity contribution in [1.29, 1.82) is 0 Å². The second-order valence-electron chi connectivity index (χ2n) is 5.02. The maximum absolute atomic E-state index is 13.0. The number of nitrogens with one attached hydrogen (secondary N) is 2. The third kappa shape index (κ3) is 4.48. The van der Waals surface area contributed by atoms with Gasteiger partial charge in [0.25, 0.3) is 0 Å². The molecule has 19 heavy (non-hydrogen) atoms. The van der Waals surface area contributed by atoms with Crippen molar-refractivity contribution in [2.75, 3.05) is 13.1 Å². The molecule has 0 radical (unpaired) electrons. The number of benzene rings is 1. The van der Waals surface area contributed by atoms with Crippen LogP contribution in [-0.2, 0) is 4.79 Å². The highest BCUT2D eigenvalue weighted by molar-refractivity contribution is 6.30. The number of hydrogen-bond donors (Lipinski definition) is 2. The van der Waals surface area contributed by atoms with Gasteiger partial charge in [-0.05, 0) is 43.4 Å².